The summed E-state index contributed by atoms with van der Waals surface area (Å²) >= 11 is 5.92. The van der Waals surface area contributed by atoms with Crippen LogP contribution >= 0.6 is 20.2 Å². The van der Waals surface area contributed by atoms with Crippen molar-refractivity contribution in [3.63, 3.8) is 0 Å². The van der Waals surface area contributed by atoms with E-state index in [4.69, 9.17) is 16.3 Å². The van der Waals surface area contributed by atoms with Gasteiger partial charge in [-0.3, -0.25) is 9.59 Å². The molecular weight excluding hydrogens is 438 g/mol. The Kier molecular flexibility index (Phi) is 14.2. The van der Waals surface area contributed by atoms with E-state index in [1.165, 1.54) is 18.9 Å². The Hall–Kier alpha value is -1.65. The lowest BCUT2D eigenvalue weighted by Gasteiger charge is -2.18. The number of anilines is 1. The van der Waals surface area contributed by atoms with Crippen molar-refractivity contribution >= 4 is 38.2 Å². The van der Waals surface area contributed by atoms with Crippen LogP contribution in [0.5, 0.6) is 5.75 Å². The van der Waals surface area contributed by atoms with Crippen molar-refractivity contribution < 1.29 is 18.7 Å². The van der Waals surface area contributed by atoms with Crippen molar-refractivity contribution in [1.82, 2.24) is 5.32 Å². The van der Waals surface area contributed by atoms with Crippen LogP contribution in [-0.4, -0.2) is 30.9 Å². The predicted molar refractivity (Wildman–Crippen MR) is 129 cm³/mol. The molecule has 2 N–H and O–H groups in total. The molecule has 2 rings (SSSR count). The van der Waals surface area contributed by atoms with Crippen molar-refractivity contribution in [2.45, 2.75) is 71.6 Å². The van der Waals surface area contributed by atoms with Gasteiger partial charge in [-0.25, -0.2) is 4.39 Å². The molecule has 0 fully saturated rings. The zero-order valence-corrected chi connectivity index (χ0v) is 20.5. The van der Waals surface area contributed by atoms with Crippen molar-refractivity contribution in [3.8, 4) is 5.75 Å². The molecule has 1 aliphatic rings. The van der Waals surface area contributed by atoms with Crippen LogP contribution in [0.2, 0.25) is 5.02 Å². The summed E-state index contributed by atoms with van der Waals surface area (Å²) in [5.41, 5.74) is 1.07. The van der Waals surface area contributed by atoms with E-state index in [0.29, 0.717) is 20.7 Å². The highest BCUT2D eigenvalue weighted by atomic mass is 35.5. The van der Waals surface area contributed by atoms with Gasteiger partial charge in [-0.05, 0) is 50.8 Å². The summed E-state index contributed by atoms with van der Waals surface area (Å²) in [5, 5.41) is 5.43. The third kappa shape index (κ3) is 10.5. The number of amides is 2. The minimum Gasteiger partial charge on any atom is -0.485 e. The van der Waals surface area contributed by atoms with Crippen LogP contribution in [0.15, 0.2) is 23.8 Å². The molecular formula is C23H35ClFN2O3P. The second-order valence-corrected chi connectivity index (χ2v) is 9.35. The fraction of sp³-hybridized carbons (Fsp3) is 0.565. The number of hydrogen-bond acceptors (Lipinski definition) is 3. The Labute approximate surface area is 192 Å². The average molecular weight is 473 g/mol. The van der Waals surface area contributed by atoms with Crippen molar-refractivity contribution in [2.24, 2.45) is 0 Å². The van der Waals surface area contributed by atoms with Crippen LogP contribution in [0.25, 0.3) is 0 Å². The molecule has 0 spiro atoms. The quantitative estimate of drug-likeness (QED) is 0.227. The first-order valence-electron chi connectivity index (χ1n) is 11.0. The van der Waals surface area contributed by atoms with Gasteiger partial charge < -0.3 is 15.4 Å². The summed E-state index contributed by atoms with van der Waals surface area (Å²) in [6.07, 6.45) is 11.1. The molecule has 0 bridgehead atoms. The van der Waals surface area contributed by atoms with Crippen LogP contribution < -0.4 is 15.4 Å². The van der Waals surface area contributed by atoms with Gasteiger partial charge in [0.25, 0.3) is 0 Å². The van der Waals surface area contributed by atoms with E-state index in [9.17, 15) is 14.0 Å². The second-order valence-electron chi connectivity index (χ2n) is 7.18. The number of unbranched alkanes of at least 4 members (excludes halogenated alkanes) is 1. The van der Waals surface area contributed by atoms with Gasteiger partial charge in [-0.15, -0.1) is 0 Å². The van der Waals surface area contributed by atoms with Crippen LogP contribution in [0.3, 0.4) is 0 Å². The average Bonchev–Trinajstić information content (AvgIpc) is 2.77. The maximum atomic E-state index is 13.4. The Morgan fingerprint density at radius 3 is 2.68 bits per heavy atom. The zero-order chi connectivity index (χ0) is 23.1. The van der Waals surface area contributed by atoms with Gasteiger partial charge in [0, 0.05) is 18.2 Å². The van der Waals surface area contributed by atoms with Crippen LogP contribution in [0.4, 0.5) is 10.1 Å². The number of carbonyl (C=O) groups excluding carboxylic acids is 2. The molecule has 1 aliphatic carbocycles. The normalized spacial score (nSPS) is 14.3. The van der Waals surface area contributed by atoms with Crippen LogP contribution in [-0.2, 0) is 9.59 Å². The monoisotopic (exact) mass is 472 g/mol. The topological polar surface area (TPSA) is 67.4 Å². The third-order valence-electron chi connectivity index (χ3n) is 4.71. The molecule has 1 aromatic rings. The van der Waals surface area contributed by atoms with Crippen molar-refractivity contribution in [2.75, 3.05) is 18.0 Å². The minimum atomic E-state index is -0.578. The lowest BCUT2D eigenvalue weighted by molar-refractivity contribution is -0.117. The smallest absolute Gasteiger partial charge is 0.246 e. The van der Waals surface area contributed by atoms with Gasteiger partial charge >= 0.3 is 0 Å². The molecule has 0 aromatic heterocycles. The first-order valence-corrected chi connectivity index (χ1v) is 12.7. The Balaban J connectivity index is 0.000000327. The first-order chi connectivity index (χ1) is 15.0. The highest BCUT2D eigenvalue weighted by Gasteiger charge is 2.13. The molecule has 5 nitrogen and oxygen atoms in total. The van der Waals surface area contributed by atoms with Gasteiger partial charge in [-0.1, -0.05) is 53.4 Å². The molecule has 1 aromatic carbocycles. The van der Waals surface area contributed by atoms with Gasteiger partial charge in [0.15, 0.2) is 0 Å². The van der Waals surface area contributed by atoms with Crippen LogP contribution in [0, 0.1) is 5.82 Å². The summed E-state index contributed by atoms with van der Waals surface area (Å²) in [6.45, 7) is 7.06. The number of nitrogens with one attached hydrogen (secondary N) is 2. The summed E-state index contributed by atoms with van der Waals surface area (Å²) < 4.78 is 19.2. The number of hydrogen-bond donors (Lipinski definition) is 2. The van der Waals surface area contributed by atoms with Crippen molar-refractivity contribution in [1.29, 1.82) is 0 Å². The van der Waals surface area contributed by atoms with E-state index in [1.807, 2.05) is 6.92 Å². The maximum Gasteiger partial charge on any atom is 0.246 e. The summed E-state index contributed by atoms with van der Waals surface area (Å²) in [7, 11) is 0.658. The molecule has 0 saturated carbocycles. The molecule has 8 heteroatoms. The van der Waals surface area contributed by atoms with Gasteiger partial charge in [0.1, 0.15) is 17.4 Å². The molecule has 174 valence electrons. The number of carbonyl (C=O) groups is 2. The Morgan fingerprint density at radius 1 is 1.32 bits per heavy atom. The minimum absolute atomic E-state index is 0.0686. The molecule has 31 heavy (non-hydrogen) atoms. The summed E-state index contributed by atoms with van der Waals surface area (Å²) in [5.74, 6) is 0.0517. The number of ether oxygens (including phenoxy) is 1. The maximum absolute atomic E-state index is 13.4. The number of rotatable bonds is 11. The number of allylic oxidation sites excluding steroid dienone is 1. The molecule has 0 heterocycles. The largest absolute Gasteiger partial charge is 0.485 e. The molecule has 0 aliphatic heterocycles. The molecule has 2 atom stereocenters. The SMILES string of the molecule is CCCCNC(=O)C1=CCCCC1.CCPC(CC)Oc1cc(NC=O)c(F)cc1Cl. The van der Waals surface area contributed by atoms with E-state index in [-0.39, 0.29) is 22.5 Å². The Bertz CT molecular complexity index is 731. The molecule has 0 saturated heterocycles. The zero-order valence-electron chi connectivity index (χ0n) is 18.7. The van der Waals surface area contributed by atoms with E-state index < -0.39 is 5.82 Å². The Morgan fingerprint density at radius 2 is 2.10 bits per heavy atom. The predicted octanol–water partition coefficient (Wildman–Crippen LogP) is 6.26. The lowest BCUT2D eigenvalue weighted by Crippen LogP contribution is -2.26. The fourth-order valence-corrected chi connectivity index (χ4v) is 4.13. The van der Waals surface area contributed by atoms with E-state index >= 15 is 0 Å². The second kappa shape index (κ2) is 16.0. The van der Waals surface area contributed by atoms with Gasteiger partial charge in [-0.2, -0.15) is 0 Å². The molecule has 2 amide bonds. The van der Waals surface area contributed by atoms with E-state index in [0.717, 1.165) is 56.5 Å². The highest BCUT2D eigenvalue weighted by molar-refractivity contribution is 7.38. The third-order valence-corrected chi connectivity index (χ3v) is 6.39. The summed E-state index contributed by atoms with van der Waals surface area (Å²) in [4.78, 5) is 21.8. The standard InChI is InChI=1S/C12H16ClFNO2P.C11H19NO/c1-3-12(18-4-2)17-11-6-10(15-7-16)9(14)5-8(11)13;1-2-3-9-12-11(13)10-7-5-4-6-8-10/h5-7,12,18H,3-4H2,1-2H3,(H,15,16);7H,2-6,8-9H2,1H3,(H,12,13). The summed E-state index contributed by atoms with van der Waals surface area (Å²) in [6, 6.07) is 2.55. The molecule has 2 unspecified atom stereocenters. The number of benzene rings is 1. The van der Waals surface area contributed by atoms with Gasteiger partial charge in [0.2, 0.25) is 12.3 Å². The van der Waals surface area contributed by atoms with Gasteiger partial charge in [0.05, 0.1) is 10.7 Å². The highest BCUT2D eigenvalue weighted by Crippen LogP contribution is 2.34. The molecule has 0 radical (unpaired) electrons. The first kappa shape index (κ1) is 27.4. The van der Waals surface area contributed by atoms with Crippen molar-refractivity contribution in [3.05, 3.63) is 34.6 Å². The van der Waals surface area contributed by atoms with E-state index in [1.54, 1.807) is 0 Å². The fourth-order valence-electron chi connectivity index (χ4n) is 2.98. The van der Waals surface area contributed by atoms with Crippen LogP contribution in [0.1, 0.15) is 65.7 Å². The number of halogens is 2. The lowest BCUT2D eigenvalue weighted by atomic mass is 9.99. The van der Waals surface area contributed by atoms with E-state index in [2.05, 4.69) is 30.6 Å².